The van der Waals surface area contributed by atoms with Crippen LogP contribution >= 0.6 is 12.2 Å². The minimum Gasteiger partial charge on any atom is -0.496 e. The number of amides is 1. The van der Waals surface area contributed by atoms with E-state index in [-0.39, 0.29) is 5.91 Å². The fourth-order valence-corrected chi connectivity index (χ4v) is 2.31. The molecule has 0 saturated carbocycles. The second-order valence-electron chi connectivity index (χ2n) is 5.06. The smallest absolute Gasteiger partial charge is 0.276 e. The molecule has 0 aromatic heterocycles. The lowest BCUT2D eigenvalue weighted by molar-refractivity contribution is -0.121. The van der Waals surface area contributed by atoms with E-state index in [1.54, 1.807) is 32.2 Å². The van der Waals surface area contributed by atoms with Crippen LogP contribution in [-0.2, 0) is 4.79 Å². The van der Waals surface area contributed by atoms with Gasteiger partial charge in [0.1, 0.15) is 11.4 Å². The third kappa shape index (κ3) is 2.71. The number of anilines is 1. The first kappa shape index (κ1) is 15.3. The Labute approximate surface area is 130 Å². The minimum atomic E-state index is -0.110. The Bertz CT molecular complexity index is 625. The third-order valence-corrected chi connectivity index (χ3v) is 4.03. The lowest BCUT2D eigenvalue weighted by Crippen LogP contribution is -2.26. The number of likely N-dealkylation sites (N-methyl/N-ethyl adjacent to an activating group) is 2. The van der Waals surface area contributed by atoms with Crippen LogP contribution in [-0.4, -0.2) is 56.1 Å². The number of rotatable bonds is 3. The zero-order chi connectivity index (χ0) is 15.7. The average Bonchev–Trinajstić information content (AvgIpc) is 2.65. The zero-order valence-electron chi connectivity index (χ0n) is 12.9. The number of carbonyl (C=O) groups excluding carboxylic acids is 1. The van der Waals surface area contributed by atoms with Gasteiger partial charge < -0.3 is 14.5 Å². The molecule has 1 saturated heterocycles. The van der Waals surface area contributed by atoms with Gasteiger partial charge in [-0.1, -0.05) is 0 Å². The molecule has 0 unspecified atom stereocenters. The Balaban J connectivity index is 2.46. The molecule has 21 heavy (non-hydrogen) atoms. The molecule has 1 amide bonds. The van der Waals surface area contributed by atoms with Crippen LogP contribution in [0, 0.1) is 0 Å². The van der Waals surface area contributed by atoms with Crippen molar-refractivity contribution in [2.24, 2.45) is 0 Å². The average molecular weight is 305 g/mol. The monoisotopic (exact) mass is 305 g/mol. The van der Waals surface area contributed by atoms with Crippen molar-refractivity contribution < 1.29 is 9.53 Å². The molecule has 0 aliphatic carbocycles. The molecule has 0 atom stereocenters. The number of methoxy groups -OCH3 is 1. The topological polar surface area (TPSA) is 36.0 Å². The molecule has 0 radical (unpaired) electrons. The quantitative estimate of drug-likeness (QED) is 0.628. The highest BCUT2D eigenvalue weighted by atomic mass is 32.1. The maximum atomic E-state index is 12.2. The Morgan fingerprint density at radius 2 is 1.90 bits per heavy atom. The first-order valence-electron chi connectivity index (χ1n) is 6.49. The summed E-state index contributed by atoms with van der Waals surface area (Å²) >= 11 is 5.20. The van der Waals surface area contributed by atoms with Gasteiger partial charge in [0, 0.05) is 45.5 Å². The van der Waals surface area contributed by atoms with Crippen LogP contribution in [0.3, 0.4) is 0 Å². The number of benzene rings is 1. The lowest BCUT2D eigenvalue weighted by atomic mass is 10.1. The highest BCUT2D eigenvalue weighted by molar-refractivity contribution is 7.80. The van der Waals surface area contributed by atoms with Crippen LogP contribution in [0.4, 0.5) is 5.69 Å². The normalized spacial score (nSPS) is 16.9. The van der Waals surface area contributed by atoms with E-state index < -0.39 is 0 Å². The van der Waals surface area contributed by atoms with Gasteiger partial charge in [0.05, 0.1) is 7.11 Å². The van der Waals surface area contributed by atoms with Gasteiger partial charge in [0.25, 0.3) is 5.91 Å². The Kier molecular flexibility index (Phi) is 4.18. The number of hydrogen-bond acceptors (Lipinski definition) is 4. The number of nitrogens with zero attached hydrogens (tertiary/aromatic N) is 3. The molecular weight excluding hydrogens is 286 g/mol. The van der Waals surface area contributed by atoms with E-state index in [9.17, 15) is 4.79 Å². The van der Waals surface area contributed by atoms with Gasteiger partial charge in [-0.25, -0.2) is 0 Å². The molecule has 0 N–H and O–H groups in total. The van der Waals surface area contributed by atoms with E-state index in [4.69, 9.17) is 17.0 Å². The van der Waals surface area contributed by atoms with Crippen molar-refractivity contribution in [2.45, 2.75) is 0 Å². The van der Waals surface area contributed by atoms with Gasteiger partial charge in [0.15, 0.2) is 5.11 Å². The van der Waals surface area contributed by atoms with Crippen molar-refractivity contribution in [3.8, 4) is 5.75 Å². The summed E-state index contributed by atoms with van der Waals surface area (Å²) in [6.07, 6.45) is 1.80. The molecule has 1 heterocycles. The van der Waals surface area contributed by atoms with Crippen molar-refractivity contribution in [3.05, 3.63) is 29.5 Å². The first-order chi connectivity index (χ1) is 9.86. The number of hydrogen-bond donors (Lipinski definition) is 0. The molecular formula is C15H19N3O2S. The zero-order valence-corrected chi connectivity index (χ0v) is 13.7. The van der Waals surface area contributed by atoms with E-state index in [1.807, 2.05) is 37.2 Å². The molecule has 1 aromatic carbocycles. The SMILES string of the molecule is COc1cc(N(C)C)ccc1C=C1C(=O)N(C)C(=S)N1C. The second-order valence-corrected chi connectivity index (χ2v) is 5.42. The number of thiocarbonyl (C=S) groups is 1. The van der Waals surface area contributed by atoms with Crippen LogP contribution in [0.15, 0.2) is 23.9 Å². The van der Waals surface area contributed by atoms with Gasteiger partial charge in [-0.15, -0.1) is 0 Å². The predicted molar refractivity (Wildman–Crippen MR) is 88.4 cm³/mol. The van der Waals surface area contributed by atoms with Crippen molar-refractivity contribution in [3.63, 3.8) is 0 Å². The Morgan fingerprint density at radius 3 is 2.38 bits per heavy atom. The molecule has 1 aliphatic heterocycles. The summed E-state index contributed by atoms with van der Waals surface area (Å²) < 4.78 is 5.42. The number of carbonyl (C=O) groups is 1. The Hall–Kier alpha value is -2.08. The molecule has 2 rings (SSSR count). The molecule has 1 fully saturated rings. The van der Waals surface area contributed by atoms with E-state index in [0.29, 0.717) is 10.8 Å². The highest BCUT2D eigenvalue weighted by Crippen LogP contribution is 2.29. The molecule has 5 nitrogen and oxygen atoms in total. The summed E-state index contributed by atoms with van der Waals surface area (Å²) in [5, 5.41) is 0.495. The predicted octanol–water partition coefficient (Wildman–Crippen LogP) is 1.79. The third-order valence-electron chi connectivity index (χ3n) is 3.48. The summed E-state index contributed by atoms with van der Waals surface area (Å²) in [6.45, 7) is 0. The van der Waals surface area contributed by atoms with Gasteiger partial charge in [-0.2, -0.15) is 0 Å². The fraction of sp³-hybridized carbons (Fsp3) is 0.333. The van der Waals surface area contributed by atoms with Crippen molar-refractivity contribution in [2.75, 3.05) is 40.2 Å². The van der Waals surface area contributed by atoms with Gasteiger partial charge in [-0.3, -0.25) is 9.69 Å². The summed E-state index contributed by atoms with van der Waals surface area (Å²) in [5.41, 5.74) is 2.42. The summed E-state index contributed by atoms with van der Waals surface area (Å²) in [7, 11) is 9.02. The lowest BCUT2D eigenvalue weighted by Gasteiger charge is -2.15. The molecule has 112 valence electrons. The van der Waals surface area contributed by atoms with Crippen LogP contribution in [0.5, 0.6) is 5.75 Å². The molecule has 0 bridgehead atoms. The van der Waals surface area contributed by atoms with Gasteiger partial charge in [0.2, 0.25) is 0 Å². The highest BCUT2D eigenvalue weighted by Gasteiger charge is 2.32. The van der Waals surface area contributed by atoms with Crippen molar-refractivity contribution >= 4 is 35.0 Å². The molecule has 0 spiro atoms. The summed E-state index contributed by atoms with van der Waals surface area (Å²) in [5.74, 6) is 0.608. The van der Waals surface area contributed by atoms with E-state index in [1.165, 1.54) is 4.90 Å². The largest absolute Gasteiger partial charge is 0.496 e. The van der Waals surface area contributed by atoms with Crippen LogP contribution in [0.2, 0.25) is 0 Å². The summed E-state index contributed by atoms with van der Waals surface area (Å²) in [6, 6.07) is 5.86. The Morgan fingerprint density at radius 1 is 1.24 bits per heavy atom. The minimum absolute atomic E-state index is 0.110. The van der Waals surface area contributed by atoms with E-state index in [0.717, 1.165) is 17.0 Å². The van der Waals surface area contributed by atoms with Crippen molar-refractivity contribution in [1.82, 2.24) is 9.80 Å². The van der Waals surface area contributed by atoms with Gasteiger partial charge >= 0.3 is 0 Å². The summed E-state index contributed by atoms with van der Waals surface area (Å²) in [4.78, 5) is 17.3. The maximum Gasteiger partial charge on any atom is 0.276 e. The van der Waals surface area contributed by atoms with Crippen LogP contribution in [0.25, 0.3) is 6.08 Å². The van der Waals surface area contributed by atoms with E-state index in [2.05, 4.69) is 0 Å². The molecule has 1 aliphatic rings. The standard InChI is InChI=1S/C15H19N3O2S/c1-16(2)11-7-6-10(13(9-11)20-5)8-12-14(19)18(4)15(21)17(12)3/h6-9H,1-5H3. The number of ether oxygens (including phenoxy) is 1. The van der Waals surface area contributed by atoms with Gasteiger partial charge in [-0.05, 0) is 30.4 Å². The van der Waals surface area contributed by atoms with E-state index >= 15 is 0 Å². The van der Waals surface area contributed by atoms with Crippen molar-refractivity contribution in [1.29, 1.82) is 0 Å². The fourth-order valence-electron chi connectivity index (χ4n) is 2.13. The second kappa shape index (κ2) is 5.73. The first-order valence-corrected chi connectivity index (χ1v) is 6.90. The molecule has 6 heteroatoms. The van der Waals surface area contributed by atoms with Crippen LogP contribution < -0.4 is 9.64 Å². The molecule has 1 aromatic rings. The van der Waals surface area contributed by atoms with Crippen LogP contribution in [0.1, 0.15) is 5.56 Å². The maximum absolute atomic E-state index is 12.2.